The van der Waals surface area contributed by atoms with Gasteiger partial charge in [-0.15, -0.1) is 0 Å². The number of aliphatic hydroxyl groups is 4. The molecule has 0 amide bonds. The molecule has 0 unspecified atom stereocenters. The maximum atomic E-state index is 12.8. The van der Waals surface area contributed by atoms with Crippen LogP contribution in [0.3, 0.4) is 0 Å². The predicted molar refractivity (Wildman–Crippen MR) is 221 cm³/mol. The first-order chi connectivity index (χ1) is 26.4. The number of allylic oxidation sites excluding steroid dienone is 9. The first-order valence-electron chi connectivity index (χ1n) is 20.5. The zero-order chi connectivity index (χ0) is 39.8. The van der Waals surface area contributed by atoms with E-state index in [2.05, 4.69) is 73.6 Å². The van der Waals surface area contributed by atoms with Gasteiger partial charge in [-0.25, -0.2) is 0 Å². The van der Waals surface area contributed by atoms with Gasteiger partial charge < -0.3 is 35.8 Å². The highest BCUT2D eigenvalue weighted by atomic mass is 16.5. The summed E-state index contributed by atoms with van der Waals surface area (Å²) in [6.07, 6.45) is 18.4. The molecular formula is C47H68N2O6. The van der Waals surface area contributed by atoms with Crippen LogP contribution in [0.25, 0.3) is 0 Å². The molecule has 3 aliphatic carbocycles. The largest absolute Gasteiger partial charge is 0.396 e. The van der Waals surface area contributed by atoms with Crippen molar-refractivity contribution in [3.05, 3.63) is 106 Å². The second-order valence-corrected chi connectivity index (χ2v) is 17.3. The van der Waals surface area contributed by atoms with E-state index in [4.69, 9.17) is 4.74 Å². The summed E-state index contributed by atoms with van der Waals surface area (Å²) in [7, 11) is 3.62. The van der Waals surface area contributed by atoms with Gasteiger partial charge in [0.2, 0.25) is 0 Å². The Hall–Kier alpha value is -2.95. The van der Waals surface area contributed by atoms with Crippen molar-refractivity contribution in [2.45, 2.75) is 95.8 Å². The topological polar surface area (TPSA) is 131 Å². The lowest BCUT2D eigenvalue weighted by Gasteiger charge is -2.61. The molecule has 55 heavy (non-hydrogen) atoms. The van der Waals surface area contributed by atoms with Crippen LogP contribution in [0.4, 0.5) is 0 Å². The molecule has 8 heteroatoms. The zero-order valence-electron chi connectivity index (χ0n) is 34.0. The number of nitrogens with one attached hydrogen (secondary N) is 2. The first-order valence-corrected chi connectivity index (χ1v) is 20.5. The van der Waals surface area contributed by atoms with E-state index in [0.29, 0.717) is 50.8 Å². The summed E-state index contributed by atoms with van der Waals surface area (Å²) in [5.41, 5.74) is 4.97. The Morgan fingerprint density at radius 1 is 1.18 bits per heavy atom. The third kappa shape index (κ3) is 9.28. The summed E-state index contributed by atoms with van der Waals surface area (Å²) < 4.78 is 5.45. The maximum absolute atomic E-state index is 12.8. The second kappa shape index (κ2) is 19.0. The Bertz CT molecular complexity index is 1660. The van der Waals surface area contributed by atoms with Gasteiger partial charge in [-0.1, -0.05) is 84.0 Å². The van der Waals surface area contributed by atoms with Crippen LogP contribution in [-0.2, 0) is 22.4 Å². The summed E-state index contributed by atoms with van der Waals surface area (Å²) in [5, 5.41) is 53.3. The number of carbonyl (C=O) groups is 1. The summed E-state index contributed by atoms with van der Waals surface area (Å²) in [5.74, 6) is -0.753. The van der Waals surface area contributed by atoms with Crippen LogP contribution in [0.2, 0.25) is 0 Å². The molecule has 4 aliphatic rings. The number of hydrogen-bond acceptors (Lipinski definition) is 8. The fourth-order valence-electron chi connectivity index (χ4n) is 10.6. The van der Waals surface area contributed by atoms with E-state index < -0.39 is 17.1 Å². The molecule has 6 N–H and O–H groups in total. The number of aldehydes is 1. The van der Waals surface area contributed by atoms with Gasteiger partial charge in [0.1, 0.15) is 6.29 Å². The van der Waals surface area contributed by atoms with Gasteiger partial charge in [0.15, 0.2) is 0 Å². The van der Waals surface area contributed by atoms with E-state index in [1.54, 1.807) is 7.11 Å². The highest BCUT2D eigenvalue weighted by Gasteiger charge is 2.68. The molecule has 9 atom stereocenters. The highest BCUT2D eigenvalue weighted by Crippen LogP contribution is 2.67. The normalized spacial score (nSPS) is 35.0. The number of ether oxygens (including phenoxy) is 1. The molecule has 1 aliphatic heterocycles. The molecule has 0 saturated heterocycles. The minimum Gasteiger partial charge on any atom is -0.396 e. The average Bonchev–Trinajstić information content (AvgIpc) is 3.52. The van der Waals surface area contributed by atoms with Gasteiger partial charge >= 0.3 is 0 Å². The number of carbonyl (C=O) groups excluding carboxylic acids is 1. The number of benzene rings is 1. The lowest BCUT2D eigenvalue weighted by atomic mass is 9.45. The fraction of sp³-hybridized carbons (Fsp3) is 0.596. The first kappa shape index (κ1) is 43.2. The van der Waals surface area contributed by atoms with Gasteiger partial charge in [-0.2, -0.15) is 0 Å². The van der Waals surface area contributed by atoms with Crippen LogP contribution >= 0.6 is 0 Å². The summed E-state index contributed by atoms with van der Waals surface area (Å²) >= 11 is 0. The minimum atomic E-state index is -1.22. The van der Waals surface area contributed by atoms with E-state index >= 15 is 0 Å². The van der Waals surface area contributed by atoms with Crippen LogP contribution in [-0.4, -0.2) is 91.0 Å². The summed E-state index contributed by atoms with van der Waals surface area (Å²) in [6, 6.07) is 8.89. The Kier molecular flexibility index (Phi) is 14.9. The van der Waals surface area contributed by atoms with Crippen LogP contribution in [0.15, 0.2) is 95.2 Å². The molecule has 302 valence electrons. The van der Waals surface area contributed by atoms with Crippen molar-refractivity contribution in [2.24, 2.45) is 35.0 Å². The van der Waals surface area contributed by atoms with E-state index in [0.717, 1.165) is 55.2 Å². The van der Waals surface area contributed by atoms with Crippen LogP contribution in [0.1, 0.15) is 76.8 Å². The van der Waals surface area contributed by atoms with Crippen molar-refractivity contribution >= 4 is 6.29 Å². The van der Waals surface area contributed by atoms with Crippen molar-refractivity contribution in [1.82, 2.24) is 10.6 Å². The molecule has 0 aromatic heterocycles. The molecule has 0 radical (unpaired) electrons. The molecule has 2 saturated carbocycles. The van der Waals surface area contributed by atoms with Crippen LogP contribution in [0.5, 0.6) is 0 Å². The van der Waals surface area contributed by atoms with E-state index in [-0.39, 0.29) is 48.3 Å². The quantitative estimate of drug-likeness (QED) is 0.0593. The third-order valence-electron chi connectivity index (χ3n) is 13.7. The van der Waals surface area contributed by atoms with Crippen LogP contribution in [0, 0.1) is 35.0 Å². The molecule has 1 aromatic rings. The molecule has 1 heterocycles. The van der Waals surface area contributed by atoms with E-state index in [9.17, 15) is 25.2 Å². The Morgan fingerprint density at radius 2 is 1.96 bits per heavy atom. The van der Waals surface area contributed by atoms with Crippen molar-refractivity contribution in [2.75, 3.05) is 47.1 Å². The number of rotatable bonds is 14. The Labute approximate surface area is 330 Å². The zero-order valence-corrected chi connectivity index (χ0v) is 34.0. The Balaban J connectivity index is 1.42. The van der Waals surface area contributed by atoms with Crippen molar-refractivity contribution in [3.8, 4) is 0 Å². The van der Waals surface area contributed by atoms with E-state index in [1.165, 1.54) is 16.7 Å². The second-order valence-electron chi connectivity index (χ2n) is 17.3. The van der Waals surface area contributed by atoms with Gasteiger partial charge in [-0.3, -0.25) is 4.79 Å². The highest BCUT2D eigenvalue weighted by molar-refractivity contribution is 5.74. The molecule has 2 fully saturated rings. The molecule has 1 aromatic carbocycles. The van der Waals surface area contributed by atoms with Gasteiger partial charge in [0, 0.05) is 49.7 Å². The maximum Gasteiger partial charge on any atom is 0.145 e. The smallest absolute Gasteiger partial charge is 0.145 e. The van der Waals surface area contributed by atoms with Gasteiger partial charge in [-0.05, 0) is 132 Å². The van der Waals surface area contributed by atoms with Gasteiger partial charge in [0.05, 0.1) is 18.3 Å². The third-order valence-corrected chi connectivity index (χ3v) is 13.7. The molecule has 1 spiro atoms. The minimum absolute atomic E-state index is 0.0301. The van der Waals surface area contributed by atoms with Crippen molar-refractivity contribution < 1.29 is 30.0 Å². The predicted octanol–water partition coefficient (Wildman–Crippen LogP) is 5.97. The molecule has 8 nitrogen and oxygen atoms in total. The SMILES string of the molecule is C=C(C=CC=C(CO)[C@H]1CC[C@]2([C@@H]1O)[C@H]1C(=C(C)C=O)[C@@H](C=C[C@@H]1CCO)C[C@]2(O)CCNC)[C@H]1CC=C(C)CN[C@](C)(CCOC)Cc2cccc(c2)C1. The Morgan fingerprint density at radius 3 is 2.67 bits per heavy atom. The number of aliphatic hydroxyl groups excluding tert-OH is 3. The lowest BCUT2D eigenvalue weighted by molar-refractivity contribution is -0.194. The monoisotopic (exact) mass is 757 g/mol. The molecule has 4 bridgehead atoms. The van der Waals surface area contributed by atoms with Gasteiger partial charge in [0.25, 0.3) is 0 Å². The molecular weight excluding hydrogens is 689 g/mol. The van der Waals surface area contributed by atoms with E-state index in [1.807, 2.05) is 32.2 Å². The summed E-state index contributed by atoms with van der Waals surface area (Å²) in [4.78, 5) is 12.3. The summed E-state index contributed by atoms with van der Waals surface area (Å²) in [6.45, 7) is 12.7. The number of hydrogen-bond donors (Lipinski definition) is 6. The van der Waals surface area contributed by atoms with Crippen molar-refractivity contribution in [1.29, 1.82) is 0 Å². The number of methoxy groups -OCH3 is 1. The fourth-order valence-corrected chi connectivity index (χ4v) is 10.6. The van der Waals surface area contributed by atoms with Crippen molar-refractivity contribution in [3.63, 3.8) is 0 Å². The standard InChI is InChI=1S/C47H68N2O6/c1-32-13-14-38(26-35-10-8-11-36(25-35)27-45(4,49-29-32)21-24-55-6)33(2)9-7-12-40(31-52)41-17-19-47(44(41)53)43-37(18-23-50)15-16-39(42(43)34(3)30-51)28-46(47,54)20-22-48-5/h7-13,15-16,25,30,37-39,41,43-44,48-50,52-54H,2,14,17-24,26-29,31H2,1,3-6H3/t37-,38+,39+,41-,43-,44-,45-,46-,47-/m1/s1. The lowest BCUT2D eigenvalue weighted by Crippen LogP contribution is -2.65. The number of fused-ring (bicyclic) bond motifs is 5. The molecule has 5 rings (SSSR count). The van der Waals surface area contributed by atoms with Crippen LogP contribution < -0.4 is 10.6 Å². The average molecular weight is 757 g/mol.